The third-order valence-electron chi connectivity index (χ3n) is 4.44. The van der Waals surface area contributed by atoms with Crippen LogP contribution in [0.2, 0.25) is 0 Å². The third-order valence-corrected chi connectivity index (χ3v) is 5.16. The summed E-state index contributed by atoms with van der Waals surface area (Å²) < 4.78 is 13.8. The van der Waals surface area contributed by atoms with Crippen molar-refractivity contribution in [3.05, 3.63) is 34.3 Å². The fraction of sp³-hybridized carbons (Fsp3) is 0.700. The maximum atomic E-state index is 6.43. The van der Waals surface area contributed by atoms with Gasteiger partial charge in [-0.3, -0.25) is 4.84 Å². The van der Waals surface area contributed by atoms with Crippen molar-refractivity contribution in [1.82, 2.24) is 5.06 Å². The van der Waals surface area contributed by atoms with Crippen molar-refractivity contribution < 1.29 is 14.3 Å². The molecule has 0 unspecified atom stereocenters. The Morgan fingerprint density at radius 2 is 1.68 bits per heavy atom. The normalized spacial score (nSPS) is 30.7. The van der Waals surface area contributed by atoms with Crippen LogP contribution in [0, 0.1) is 0 Å². The second kappa shape index (κ2) is 6.93. The number of ether oxygens (including phenoxy) is 2. The van der Waals surface area contributed by atoms with Gasteiger partial charge in [0.25, 0.3) is 0 Å². The van der Waals surface area contributed by atoms with E-state index in [0.717, 1.165) is 17.4 Å². The molecule has 2 fully saturated rings. The van der Waals surface area contributed by atoms with Crippen LogP contribution in [0.3, 0.4) is 0 Å². The van der Waals surface area contributed by atoms with Crippen LogP contribution in [0.15, 0.2) is 28.7 Å². The molecule has 0 saturated carbocycles. The van der Waals surface area contributed by atoms with Gasteiger partial charge in [0.05, 0.1) is 23.8 Å². The number of hydrogen-bond acceptors (Lipinski definition) is 4. The minimum absolute atomic E-state index is 0.00622. The highest BCUT2D eigenvalue weighted by Crippen LogP contribution is 2.43. The van der Waals surface area contributed by atoms with Crippen LogP contribution < -0.4 is 0 Å². The van der Waals surface area contributed by atoms with E-state index in [1.54, 1.807) is 0 Å². The van der Waals surface area contributed by atoms with Gasteiger partial charge in [0.1, 0.15) is 18.3 Å². The Bertz CT molecular complexity index is 608. The number of nitrogens with zero attached hydrogens (tertiary/aromatic N) is 1. The molecule has 2 saturated heterocycles. The van der Waals surface area contributed by atoms with Crippen molar-refractivity contribution in [1.29, 1.82) is 0 Å². The Morgan fingerprint density at radius 3 is 2.28 bits per heavy atom. The molecule has 0 aromatic heterocycles. The van der Waals surface area contributed by atoms with Crippen molar-refractivity contribution in [3.63, 3.8) is 0 Å². The Morgan fingerprint density at radius 1 is 1.04 bits per heavy atom. The molecule has 2 aliphatic rings. The monoisotopic (exact) mass is 411 g/mol. The molecular weight excluding hydrogens is 382 g/mol. The molecule has 1 aromatic rings. The van der Waals surface area contributed by atoms with E-state index in [9.17, 15) is 0 Å². The first-order chi connectivity index (χ1) is 11.5. The smallest absolute Gasteiger partial charge is 0.107 e. The van der Waals surface area contributed by atoms with Crippen molar-refractivity contribution in [3.8, 4) is 0 Å². The molecule has 2 aliphatic heterocycles. The molecule has 0 N–H and O–H groups in total. The number of fused-ring (bicyclic) bond motifs is 1. The zero-order valence-electron chi connectivity index (χ0n) is 16.1. The Balaban J connectivity index is 1.79. The van der Waals surface area contributed by atoms with Gasteiger partial charge >= 0.3 is 0 Å². The van der Waals surface area contributed by atoms with Gasteiger partial charge in [0.2, 0.25) is 0 Å². The molecule has 0 spiro atoms. The molecule has 0 bridgehead atoms. The lowest BCUT2D eigenvalue weighted by molar-refractivity contribution is -0.162. The molecule has 0 aliphatic carbocycles. The molecule has 1 aromatic carbocycles. The van der Waals surface area contributed by atoms with Gasteiger partial charge in [-0.05, 0) is 53.2 Å². The van der Waals surface area contributed by atoms with Crippen LogP contribution in [0.25, 0.3) is 0 Å². The van der Waals surface area contributed by atoms with Crippen LogP contribution >= 0.6 is 15.9 Å². The quantitative estimate of drug-likeness (QED) is 0.708. The zero-order chi connectivity index (χ0) is 18.4. The molecule has 3 rings (SSSR count). The minimum Gasteiger partial charge on any atom is -0.368 e. The van der Waals surface area contributed by atoms with Crippen molar-refractivity contribution in [2.75, 3.05) is 6.54 Å². The van der Waals surface area contributed by atoms with Crippen LogP contribution in [0.5, 0.6) is 0 Å². The van der Waals surface area contributed by atoms with Crippen LogP contribution in [-0.4, -0.2) is 41.1 Å². The Hall–Kier alpha value is -0.460. The Kier molecular flexibility index (Phi) is 5.35. The molecule has 5 heteroatoms. The summed E-state index contributed by atoms with van der Waals surface area (Å²) in [6, 6.07) is 8.49. The van der Waals surface area contributed by atoms with E-state index < -0.39 is 0 Å². The lowest BCUT2D eigenvalue weighted by Crippen LogP contribution is -2.43. The molecular formula is C20H30BrNO3. The number of hydroxylamine groups is 2. The number of halogens is 1. The van der Waals surface area contributed by atoms with Crippen LogP contribution in [-0.2, 0) is 14.3 Å². The van der Waals surface area contributed by atoms with Crippen LogP contribution in [0.1, 0.15) is 59.6 Å². The Labute approximate surface area is 159 Å². The second-order valence-corrected chi connectivity index (χ2v) is 9.84. The van der Waals surface area contributed by atoms with Crippen molar-refractivity contribution >= 4 is 15.9 Å². The maximum absolute atomic E-state index is 6.43. The summed E-state index contributed by atoms with van der Waals surface area (Å²) in [5, 5.41) is 2.08. The average molecular weight is 412 g/mol. The van der Waals surface area contributed by atoms with E-state index >= 15 is 0 Å². The summed E-state index contributed by atoms with van der Waals surface area (Å²) in [5.41, 5.74) is 0.775. The number of benzene rings is 1. The van der Waals surface area contributed by atoms with E-state index in [0.29, 0.717) is 0 Å². The first kappa shape index (κ1) is 19.3. The molecule has 0 radical (unpaired) electrons. The highest BCUT2D eigenvalue weighted by molar-refractivity contribution is 9.10. The lowest BCUT2D eigenvalue weighted by atomic mass is 9.98. The third kappa shape index (κ3) is 4.64. The molecule has 2 heterocycles. The van der Waals surface area contributed by atoms with Gasteiger partial charge in [0, 0.05) is 10.9 Å². The summed E-state index contributed by atoms with van der Waals surface area (Å²) in [6.07, 6.45) is 0.992. The first-order valence-corrected chi connectivity index (χ1v) is 9.86. The summed E-state index contributed by atoms with van der Waals surface area (Å²) in [6.45, 7) is 13.3. The topological polar surface area (TPSA) is 30.9 Å². The standard InChI is InChI=1S/C20H30BrNO3/c1-19(2,3)23-17-12-22-15(18(17)24-20(4,5)6)11-16(25-22)13-9-7-8-10-14(13)21/h7-10,15-18H,11-12H2,1-6H3/t15-,16-,17+,18+/m1/s1. The van der Waals surface area contributed by atoms with E-state index in [4.69, 9.17) is 14.3 Å². The van der Waals surface area contributed by atoms with Gasteiger partial charge in [0.15, 0.2) is 0 Å². The van der Waals surface area contributed by atoms with Gasteiger partial charge in [-0.25, -0.2) is 0 Å². The lowest BCUT2D eigenvalue weighted by Gasteiger charge is -2.34. The molecule has 140 valence electrons. The van der Waals surface area contributed by atoms with E-state index in [1.165, 1.54) is 5.56 Å². The molecule has 0 amide bonds. The first-order valence-electron chi connectivity index (χ1n) is 9.07. The summed E-state index contributed by atoms with van der Waals surface area (Å²) >= 11 is 3.65. The molecule has 4 nitrogen and oxygen atoms in total. The number of hydrogen-bond donors (Lipinski definition) is 0. The maximum Gasteiger partial charge on any atom is 0.107 e. The SMILES string of the molecule is CC(C)(C)O[C@@H]1[C@@H](OC(C)(C)C)CN2O[C@@H](c3ccccc3Br)C[C@H]12. The minimum atomic E-state index is -0.217. The van der Waals surface area contributed by atoms with Crippen molar-refractivity contribution in [2.24, 2.45) is 0 Å². The van der Waals surface area contributed by atoms with E-state index in [1.807, 2.05) is 6.07 Å². The average Bonchev–Trinajstić information content (AvgIpc) is 2.96. The van der Waals surface area contributed by atoms with E-state index in [2.05, 4.69) is 80.7 Å². The van der Waals surface area contributed by atoms with Gasteiger partial charge in [-0.15, -0.1) is 0 Å². The fourth-order valence-corrected chi connectivity index (χ4v) is 4.21. The number of rotatable bonds is 3. The van der Waals surface area contributed by atoms with Gasteiger partial charge in [-0.2, -0.15) is 5.06 Å². The fourth-order valence-electron chi connectivity index (χ4n) is 3.67. The predicted molar refractivity (Wildman–Crippen MR) is 102 cm³/mol. The second-order valence-electron chi connectivity index (χ2n) is 8.98. The summed E-state index contributed by atoms with van der Waals surface area (Å²) in [5.74, 6) is 0. The molecule has 4 atom stereocenters. The van der Waals surface area contributed by atoms with Crippen LogP contribution in [0.4, 0.5) is 0 Å². The zero-order valence-corrected chi connectivity index (χ0v) is 17.7. The van der Waals surface area contributed by atoms with Gasteiger partial charge < -0.3 is 9.47 Å². The summed E-state index contributed by atoms with van der Waals surface area (Å²) in [7, 11) is 0. The highest BCUT2D eigenvalue weighted by Gasteiger charge is 2.52. The predicted octanol–water partition coefficient (Wildman–Crippen LogP) is 4.88. The summed E-state index contributed by atoms with van der Waals surface area (Å²) in [4.78, 5) is 6.29. The van der Waals surface area contributed by atoms with Gasteiger partial charge in [-0.1, -0.05) is 34.1 Å². The molecule has 25 heavy (non-hydrogen) atoms. The highest BCUT2D eigenvalue weighted by atomic mass is 79.9. The largest absolute Gasteiger partial charge is 0.368 e. The van der Waals surface area contributed by atoms with E-state index in [-0.39, 0.29) is 35.6 Å². The van der Waals surface area contributed by atoms with Crippen molar-refractivity contribution in [2.45, 2.75) is 83.5 Å².